The molecule has 3 nitrogen and oxygen atoms in total. The number of hydrogen-bond acceptors (Lipinski definition) is 3. The zero-order valence-electron chi connectivity index (χ0n) is 13.2. The number of benzene rings is 1. The lowest BCUT2D eigenvalue weighted by Gasteiger charge is -2.25. The highest BCUT2D eigenvalue weighted by molar-refractivity contribution is 5.43. The van der Waals surface area contributed by atoms with Gasteiger partial charge < -0.3 is 15.2 Å². The second kappa shape index (κ2) is 5.88. The van der Waals surface area contributed by atoms with Crippen molar-refractivity contribution in [2.75, 3.05) is 6.54 Å². The first-order valence-electron chi connectivity index (χ1n) is 8.26. The molecule has 2 fully saturated rings. The third-order valence-corrected chi connectivity index (χ3v) is 4.91. The van der Waals surface area contributed by atoms with Gasteiger partial charge in [0.05, 0.1) is 6.10 Å². The lowest BCUT2D eigenvalue weighted by Crippen LogP contribution is -2.26. The summed E-state index contributed by atoms with van der Waals surface area (Å²) in [5.74, 6) is 0.918. The molecule has 0 radical (unpaired) electrons. The summed E-state index contributed by atoms with van der Waals surface area (Å²) in [5.41, 5.74) is 1.60. The van der Waals surface area contributed by atoms with Gasteiger partial charge in [0, 0.05) is 6.04 Å². The Morgan fingerprint density at radius 3 is 2.76 bits per heavy atom. The maximum atomic E-state index is 10.1. The molecule has 3 rings (SSSR count). The predicted octanol–water partition coefficient (Wildman–Crippen LogP) is 4.16. The zero-order chi connectivity index (χ0) is 14.9. The molecule has 2 N–H and O–H groups in total. The Kier molecular flexibility index (Phi) is 4.12. The smallest absolute Gasteiger partial charge is 0.161 e. The number of nitrogens with one attached hydrogen (secondary N) is 1. The molecule has 1 aromatic carbocycles. The summed E-state index contributed by atoms with van der Waals surface area (Å²) >= 11 is 0. The summed E-state index contributed by atoms with van der Waals surface area (Å²) in [6.07, 6.45) is 7.28. The number of phenolic OH excluding ortho intramolecular Hbond substituents is 1. The molecule has 1 aromatic rings. The molecule has 1 aliphatic heterocycles. The standard InChI is InChI=1S/C18H27NO2/c1-18(2)9-8-14(12-18)21-17-11-13(6-7-16(17)20)15-5-3-4-10-19-15/h6-7,11,14-15,19-20H,3-5,8-10,12H2,1-2H3. The summed E-state index contributed by atoms with van der Waals surface area (Å²) in [7, 11) is 0. The molecule has 0 spiro atoms. The van der Waals surface area contributed by atoms with Gasteiger partial charge in [-0.05, 0) is 61.8 Å². The highest BCUT2D eigenvalue weighted by atomic mass is 16.5. The molecule has 0 aromatic heterocycles. The topological polar surface area (TPSA) is 41.5 Å². The second-order valence-corrected chi connectivity index (χ2v) is 7.38. The van der Waals surface area contributed by atoms with E-state index in [1.54, 1.807) is 6.07 Å². The Labute approximate surface area is 127 Å². The van der Waals surface area contributed by atoms with Crippen LogP contribution in [0, 0.1) is 5.41 Å². The number of rotatable bonds is 3. The molecular formula is C18H27NO2. The van der Waals surface area contributed by atoms with Gasteiger partial charge in [0.1, 0.15) is 0 Å². The van der Waals surface area contributed by atoms with Gasteiger partial charge in [0.15, 0.2) is 11.5 Å². The zero-order valence-corrected chi connectivity index (χ0v) is 13.2. The summed E-state index contributed by atoms with van der Waals surface area (Å²) < 4.78 is 6.10. The molecule has 2 aliphatic rings. The van der Waals surface area contributed by atoms with E-state index in [9.17, 15) is 5.11 Å². The first kappa shape index (κ1) is 14.7. The predicted molar refractivity (Wildman–Crippen MR) is 84.7 cm³/mol. The number of ether oxygens (including phenoxy) is 1. The Balaban J connectivity index is 1.72. The van der Waals surface area contributed by atoms with Crippen LogP contribution in [0.25, 0.3) is 0 Å². The van der Waals surface area contributed by atoms with Crippen molar-refractivity contribution in [3.8, 4) is 11.5 Å². The van der Waals surface area contributed by atoms with Gasteiger partial charge in [-0.3, -0.25) is 0 Å². The number of piperidine rings is 1. The van der Waals surface area contributed by atoms with Gasteiger partial charge in [-0.2, -0.15) is 0 Å². The normalized spacial score (nSPS) is 28.5. The summed E-state index contributed by atoms with van der Waals surface area (Å²) in [6, 6.07) is 6.23. The molecule has 1 saturated heterocycles. The molecule has 2 atom stereocenters. The molecule has 1 aliphatic carbocycles. The fourth-order valence-electron chi connectivity index (χ4n) is 3.63. The Hall–Kier alpha value is -1.22. The minimum Gasteiger partial charge on any atom is -0.504 e. The number of phenols is 1. The van der Waals surface area contributed by atoms with Crippen LogP contribution in [0.15, 0.2) is 18.2 Å². The third-order valence-electron chi connectivity index (χ3n) is 4.91. The van der Waals surface area contributed by atoms with Crippen LogP contribution in [0.3, 0.4) is 0 Å². The molecule has 1 heterocycles. The Bertz CT molecular complexity index is 492. The number of aromatic hydroxyl groups is 1. The molecule has 116 valence electrons. The van der Waals surface area contributed by atoms with E-state index >= 15 is 0 Å². The van der Waals surface area contributed by atoms with E-state index < -0.39 is 0 Å². The third kappa shape index (κ3) is 3.52. The quantitative estimate of drug-likeness (QED) is 0.877. The molecule has 2 unspecified atom stereocenters. The highest BCUT2D eigenvalue weighted by Crippen LogP contribution is 2.41. The van der Waals surface area contributed by atoms with Gasteiger partial charge >= 0.3 is 0 Å². The summed E-state index contributed by atoms with van der Waals surface area (Å²) in [4.78, 5) is 0. The van der Waals surface area contributed by atoms with Crippen molar-refractivity contribution in [1.29, 1.82) is 0 Å². The van der Waals surface area contributed by atoms with E-state index in [0.29, 0.717) is 17.2 Å². The molecule has 21 heavy (non-hydrogen) atoms. The van der Waals surface area contributed by atoms with Gasteiger partial charge in [-0.25, -0.2) is 0 Å². The van der Waals surface area contributed by atoms with Gasteiger partial charge in [0.2, 0.25) is 0 Å². The van der Waals surface area contributed by atoms with Crippen LogP contribution in [-0.4, -0.2) is 17.8 Å². The van der Waals surface area contributed by atoms with Crippen molar-refractivity contribution >= 4 is 0 Å². The van der Waals surface area contributed by atoms with E-state index in [0.717, 1.165) is 19.4 Å². The van der Waals surface area contributed by atoms with Crippen LogP contribution >= 0.6 is 0 Å². The monoisotopic (exact) mass is 289 g/mol. The van der Waals surface area contributed by atoms with Crippen LogP contribution in [0.4, 0.5) is 0 Å². The molecule has 1 saturated carbocycles. The summed E-state index contributed by atoms with van der Waals surface area (Å²) in [5, 5.41) is 13.6. The minimum atomic E-state index is 0.237. The second-order valence-electron chi connectivity index (χ2n) is 7.38. The van der Waals surface area contributed by atoms with Crippen LogP contribution in [0.1, 0.15) is 64.0 Å². The van der Waals surface area contributed by atoms with Gasteiger partial charge in [0.25, 0.3) is 0 Å². The largest absolute Gasteiger partial charge is 0.504 e. The van der Waals surface area contributed by atoms with E-state index in [4.69, 9.17) is 4.74 Å². The Morgan fingerprint density at radius 2 is 2.10 bits per heavy atom. The summed E-state index contributed by atoms with van der Waals surface area (Å²) in [6.45, 7) is 5.66. The van der Waals surface area contributed by atoms with E-state index in [2.05, 4.69) is 19.2 Å². The van der Waals surface area contributed by atoms with E-state index in [1.165, 1.54) is 31.2 Å². The lowest BCUT2D eigenvalue weighted by atomic mass is 9.92. The van der Waals surface area contributed by atoms with Crippen molar-refractivity contribution in [3.63, 3.8) is 0 Å². The molecular weight excluding hydrogens is 262 g/mol. The van der Waals surface area contributed by atoms with Crippen LogP contribution in [0.2, 0.25) is 0 Å². The molecule has 0 bridgehead atoms. The highest BCUT2D eigenvalue weighted by Gasteiger charge is 2.32. The first-order chi connectivity index (χ1) is 10.0. The van der Waals surface area contributed by atoms with E-state index in [1.807, 2.05) is 12.1 Å². The van der Waals surface area contributed by atoms with Crippen molar-refractivity contribution in [1.82, 2.24) is 5.32 Å². The molecule has 0 amide bonds. The van der Waals surface area contributed by atoms with Crippen LogP contribution in [-0.2, 0) is 0 Å². The van der Waals surface area contributed by atoms with Crippen LogP contribution in [0.5, 0.6) is 11.5 Å². The maximum absolute atomic E-state index is 10.1. The lowest BCUT2D eigenvalue weighted by molar-refractivity contribution is 0.186. The van der Waals surface area contributed by atoms with Gasteiger partial charge in [-0.15, -0.1) is 0 Å². The van der Waals surface area contributed by atoms with Crippen LogP contribution < -0.4 is 10.1 Å². The average Bonchev–Trinajstić information content (AvgIpc) is 2.81. The fourth-order valence-corrected chi connectivity index (χ4v) is 3.63. The van der Waals surface area contributed by atoms with Crippen molar-refractivity contribution < 1.29 is 9.84 Å². The Morgan fingerprint density at radius 1 is 1.24 bits per heavy atom. The number of hydrogen-bond donors (Lipinski definition) is 2. The van der Waals surface area contributed by atoms with Gasteiger partial charge in [-0.1, -0.05) is 26.3 Å². The SMILES string of the molecule is CC1(C)CCC(Oc2cc(C3CCCCN3)ccc2O)C1. The van der Waals surface area contributed by atoms with Crippen molar-refractivity contribution in [2.45, 2.75) is 64.5 Å². The first-order valence-corrected chi connectivity index (χ1v) is 8.26. The van der Waals surface area contributed by atoms with E-state index in [-0.39, 0.29) is 11.9 Å². The van der Waals surface area contributed by atoms with Crippen molar-refractivity contribution in [2.24, 2.45) is 5.41 Å². The maximum Gasteiger partial charge on any atom is 0.161 e. The average molecular weight is 289 g/mol. The van der Waals surface area contributed by atoms with Crippen molar-refractivity contribution in [3.05, 3.63) is 23.8 Å². The molecule has 3 heteroatoms. The fraction of sp³-hybridized carbons (Fsp3) is 0.667. The minimum absolute atomic E-state index is 0.237.